The summed E-state index contributed by atoms with van der Waals surface area (Å²) in [5.41, 5.74) is 2.64. The molecule has 1 aliphatic heterocycles. The van der Waals surface area contributed by atoms with Crippen molar-refractivity contribution in [3.05, 3.63) is 17.1 Å². The Hall–Kier alpha value is -2.18. The van der Waals surface area contributed by atoms with Crippen LogP contribution in [-0.2, 0) is 24.9 Å². The maximum atomic E-state index is 12.5. The van der Waals surface area contributed by atoms with Crippen molar-refractivity contribution >= 4 is 5.91 Å². The van der Waals surface area contributed by atoms with Crippen LogP contribution in [0.4, 0.5) is 0 Å². The van der Waals surface area contributed by atoms with Crippen LogP contribution < -0.4 is 0 Å². The molecule has 4 rings (SSSR count). The van der Waals surface area contributed by atoms with Gasteiger partial charge >= 0.3 is 0 Å². The van der Waals surface area contributed by atoms with Gasteiger partial charge in [-0.3, -0.25) is 9.48 Å². The van der Waals surface area contributed by atoms with E-state index in [1.165, 1.54) is 0 Å². The average molecular weight is 287 g/mol. The first kappa shape index (κ1) is 12.6. The lowest BCUT2D eigenvalue weighted by Crippen LogP contribution is -2.32. The summed E-state index contributed by atoms with van der Waals surface area (Å²) in [5, 5.41) is 8.29. The van der Waals surface area contributed by atoms with Crippen LogP contribution in [-0.4, -0.2) is 30.7 Å². The summed E-state index contributed by atoms with van der Waals surface area (Å²) in [6.45, 7) is 5.01. The molecule has 110 valence electrons. The van der Waals surface area contributed by atoms with Crippen molar-refractivity contribution in [1.29, 1.82) is 0 Å². The minimum Gasteiger partial charge on any atom is -0.332 e. The highest BCUT2D eigenvalue weighted by atomic mass is 16.5. The lowest BCUT2D eigenvalue weighted by molar-refractivity contribution is -0.137. The second kappa shape index (κ2) is 3.93. The van der Waals surface area contributed by atoms with Gasteiger partial charge in [-0.05, 0) is 19.8 Å². The predicted octanol–water partition coefficient (Wildman–Crippen LogP) is 1.42. The molecule has 7 heteroatoms. The van der Waals surface area contributed by atoms with E-state index in [4.69, 9.17) is 4.52 Å². The SMILES string of the molecule is Cc1noc(-c2nn(C)c3c2CN(C(=O)C2(C)CC2)C3)n1. The van der Waals surface area contributed by atoms with Gasteiger partial charge in [-0.15, -0.1) is 0 Å². The van der Waals surface area contributed by atoms with E-state index < -0.39 is 0 Å². The van der Waals surface area contributed by atoms with Gasteiger partial charge in [0.15, 0.2) is 11.5 Å². The smallest absolute Gasteiger partial charge is 0.278 e. The molecule has 0 radical (unpaired) electrons. The number of nitrogens with zero attached hydrogens (tertiary/aromatic N) is 5. The van der Waals surface area contributed by atoms with E-state index >= 15 is 0 Å². The van der Waals surface area contributed by atoms with Crippen LogP contribution >= 0.6 is 0 Å². The van der Waals surface area contributed by atoms with E-state index in [-0.39, 0.29) is 11.3 Å². The van der Waals surface area contributed by atoms with Crippen molar-refractivity contribution in [2.45, 2.75) is 39.8 Å². The summed E-state index contributed by atoms with van der Waals surface area (Å²) >= 11 is 0. The molecule has 21 heavy (non-hydrogen) atoms. The summed E-state index contributed by atoms with van der Waals surface area (Å²) in [6.07, 6.45) is 1.99. The van der Waals surface area contributed by atoms with E-state index in [2.05, 4.69) is 15.2 Å². The van der Waals surface area contributed by atoms with E-state index in [9.17, 15) is 4.79 Å². The van der Waals surface area contributed by atoms with Gasteiger partial charge in [0.2, 0.25) is 5.91 Å². The van der Waals surface area contributed by atoms with Gasteiger partial charge < -0.3 is 9.42 Å². The van der Waals surface area contributed by atoms with Crippen LogP contribution in [0.2, 0.25) is 0 Å². The van der Waals surface area contributed by atoms with Crippen LogP contribution in [0.1, 0.15) is 36.8 Å². The second-order valence-corrected chi connectivity index (χ2v) is 6.27. The molecule has 1 saturated carbocycles. The summed E-state index contributed by atoms with van der Waals surface area (Å²) in [7, 11) is 1.89. The third kappa shape index (κ3) is 1.80. The van der Waals surface area contributed by atoms with Gasteiger partial charge in [-0.2, -0.15) is 10.1 Å². The molecule has 1 aliphatic carbocycles. The number of fused-ring (bicyclic) bond motifs is 1. The fourth-order valence-electron chi connectivity index (χ4n) is 2.89. The van der Waals surface area contributed by atoms with Crippen LogP contribution in [0, 0.1) is 12.3 Å². The zero-order chi connectivity index (χ0) is 14.8. The third-order valence-corrected chi connectivity index (χ3v) is 4.50. The molecule has 2 aliphatic rings. The molecule has 0 bridgehead atoms. The normalized spacial score (nSPS) is 18.9. The minimum atomic E-state index is -0.142. The molecule has 7 nitrogen and oxygen atoms in total. The van der Waals surface area contributed by atoms with Crippen molar-refractivity contribution < 1.29 is 9.32 Å². The first-order chi connectivity index (χ1) is 9.98. The van der Waals surface area contributed by atoms with Crippen LogP contribution in [0.5, 0.6) is 0 Å². The second-order valence-electron chi connectivity index (χ2n) is 6.27. The van der Waals surface area contributed by atoms with Gasteiger partial charge in [0.25, 0.3) is 5.89 Å². The standard InChI is InChI=1S/C14H17N5O2/c1-8-15-12(21-17-8)11-9-6-19(7-10(9)18(3)16-11)13(20)14(2)4-5-14/h4-7H2,1-3H3. The molecule has 0 aromatic carbocycles. The van der Waals surface area contributed by atoms with Gasteiger partial charge in [0.1, 0.15) is 0 Å². The number of aromatic nitrogens is 4. The highest BCUT2D eigenvalue weighted by molar-refractivity contribution is 5.85. The Labute approximate surface area is 121 Å². The fraction of sp³-hybridized carbons (Fsp3) is 0.571. The fourth-order valence-corrected chi connectivity index (χ4v) is 2.89. The monoisotopic (exact) mass is 287 g/mol. The first-order valence-electron chi connectivity index (χ1n) is 7.13. The Kier molecular flexibility index (Phi) is 2.35. The predicted molar refractivity (Wildman–Crippen MR) is 72.8 cm³/mol. The number of amides is 1. The summed E-state index contributed by atoms with van der Waals surface area (Å²) < 4.78 is 7.04. The van der Waals surface area contributed by atoms with Gasteiger partial charge in [-0.1, -0.05) is 12.1 Å². The number of carbonyl (C=O) groups excluding carboxylic acids is 1. The number of hydrogen-bond donors (Lipinski definition) is 0. The van der Waals surface area contributed by atoms with Gasteiger partial charge in [-0.25, -0.2) is 0 Å². The van der Waals surface area contributed by atoms with E-state index in [1.807, 2.05) is 23.6 Å². The third-order valence-electron chi connectivity index (χ3n) is 4.50. The summed E-state index contributed by atoms with van der Waals surface area (Å²) in [6, 6.07) is 0. The first-order valence-corrected chi connectivity index (χ1v) is 7.13. The van der Waals surface area contributed by atoms with E-state index in [1.54, 1.807) is 6.92 Å². The number of hydrogen-bond acceptors (Lipinski definition) is 5. The largest absolute Gasteiger partial charge is 0.332 e. The quantitative estimate of drug-likeness (QED) is 0.835. The van der Waals surface area contributed by atoms with Crippen molar-refractivity contribution in [1.82, 2.24) is 24.8 Å². The molecule has 1 amide bonds. The van der Waals surface area contributed by atoms with E-state index in [0.717, 1.165) is 24.1 Å². The van der Waals surface area contributed by atoms with Gasteiger partial charge in [0, 0.05) is 18.0 Å². The Morgan fingerprint density at radius 2 is 2.10 bits per heavy atom. The summed E-state index contributed by atoms with van der Waals surface area (Å²) in [5.74, 6) is 1.25. The molecule has 0 unspecified atom stereocenters. The molecular formula is C14H17N5O2. The molecule has 0 atom stereocenters. The highest BCUT2D eigenvalue weighted by Gasteiger charge is 2.48. The zero-order valence-electron chi connectivity index (χ0n) is 12.4. The van der Waals surface area contributed by atoms with Crippen molar-refractivity contribution in [3.8, 4) is 11.6 Å². The Bertz CT molecular complexity index is 741. The van der Waals surface area contributed by atoms with Crippen molar-refractivity contribution in [3.63, 3.8) is 0 Å². The maximum Gasteiger partial charge on any atom is 0.278 e. The number of carbonyl (C=O) groups is 1. The molecule has 2 aromatic rings. The van der Waals surface area contributed by atoms with Crippen LogP contribution in [0.25, 0.3) is 11.6 Å². The van der Waals surface area contributed by atoms with Crippen molar-refractivity contribution in [2.75, 3.05) is 0 Å². The van der Waals surface area contributed by atoms with Gasteiger partial charge in [0.05, 0.1) is 18.8 Å². The topological polar surface area (TPSA) is 77.0 Å². The number of rotatable bonds is 2. The Morgan fingerprint density at radius 1 is 1.33 bits per heavy atom. The van der Waals surface area contributed by atoms with Crippen LogP contribution in [0.15, 0.2) is 4.52 Å². The summed E-state index contributed by atoms with van der Waals surface area (Å²) in [4.78, 5) is 18.7. The molecule has 1 fully saturated rings. The minimum absolute atomic E-state index is 0.142. The molecule has 2 aromatic heterocycles. The molecule has 3 heterocycles. The molecule has 0 spiro atoms. The highest BCUT2D eigenvalue weighted by Crippen LogP contribution is 2.48. The molecular weight excluding hydrogens is 270 g/mol. The maximum absolute atomic E-state index is 12.5. The Morgan fingerprint density at radius 3 is 2.71 bits per heavy atom. The zero-order valence-corrected chi connectivity index (χ0v) is 12.4. The lowest BCUT2D eigenvalue weighted by atomic mass is 10.1. The lowest BCUT2D eigenvalue weighted by Gasteiger charge is -2.20. The average Bonchev–Trinajstić information content (AvgIpc) is 2.82. The van der Waals surface area contributed by atoms with Crippen LogP contribution in [0.3, 0.4) is 0 Å². The van der Waals surface area contributed by atoms with E-state index in [0.29, 0.717) is 30.5 Å². The number of aryl methyl sites for hydroxylation is 2. The molecule has 0 saturated heterocycles. The Balaban J connectivity index is 1.68. The van der Waals surface area contributed by atoms with Crippen molar-refractivity contribution in [2.24, 2.45) is 12.5 Å². The molecule has 0 N–H and O–H groups in total.